The van der Waals surface area contributed by atoms with Gasteiger partial charge in [0.2, 0.25) is 0 Å². The first-order valence-electron chi connectivity index (χ1n) is 7.11. The van der Waals surface area contributed by atoms with Crippen LogP contribution in [0.15, 0.2) is 18.2 Å². The zero-order valence-corrected chi connectivity index (χ0v) is 12.9. The number of nitrogens with one attached hydrogen (secondary N) is 1. The van der Waals surface area contributed by atoms with E-state index in [4.69, 9.17) is 11.6 Å². The average Bonchev–Trinajstić information content (AvgIpc) is 3.16. The van der Waals surface area contributed by atoms with Crippen molar-refractivity contribution in [2.45, 2.75) is 51.5 Å². The summed E-state index contributed by atoms with van der Waals surface area (Å²) in [6.07, 6.45) is -1.97. The summed E-state index contributed by atoms with van der Waals surface area (Å²) in [6.45, 7) is 3.11. The minimum Gasteiger partial charge on any atom is -0.360 e. The molecule has 0 atom stereocenters. The van der Waals surface area contributed by atoms with E-state index < -0.39 is 12.7 Å². The maximum Gasteiger partial charge on any atom is 0.405 e. The van der Waals surface area contributed by atoms with Crippen molar-refractivity contribution >= 4 is 17.3 Å². The molecule has 1 aliphatic rings. The number of hydrogen-bond acceptors (Lipinski definition) is 2. The van der Waals surface area contributed by atoms with Gasteiger partial charge < -0.3 is 10.2 Å². The van der Waals surface area contributed by atoms with Crippen LogP contribution in [0.3, 0.4) is 0 Å². The smallest absolute Gasteiger partial charge is 0.360 e. The number of alkyl halides is 3. The van der Waals surface area contributed by atoms with Crippen molar-refractivity contribution in [3.05, 3.63) is 28.8 Å². The van der Waals surface area contributed by atoms with Crippen molar-refractivity contribution in [3.8, 4) is 0 Å². The lowest BCUT2D eigenvalue weighted by atomic mass is 10.1. The molecule has 1 saturated carbocycles. The summed E-state index contributed by atoms with van der Waals surface area (Å²) in [6, 6.07) is 5.32. The predicted molar refractivity (Wildman–Crippen MR) is 79.9 cm³/mol. The Bertz CT molecular complexity index is 484. The van der Waals surface area contributed by atoms with Gasteiger partial charge in [0.25, 0.3) is 0 Å². The Hall–Kier alpha value is -0.940. The second kappa shape index (κ2) is 6.44. The normalized spacial score (nSPS) is 15.6. The van der Waals surface area contributed by atoms with E-state index in [9.17, 15) is 13.2 Å². The summed E-state index contributed by atoms with van der Waals surface area (Å²) in [5.74, 6) is 0. The highest BCUT2D eigenvalue weighted by molar-refractivity contribution is 6.30. The van der Waals surface area contributed by atoms with Crippen molar-refractivity contribution in [1.29, 1.82) is 0 Å². The fourth-order valence-electron chi connectivity index (χ4n) is 2.26. The fourth-order valence-corrected chi connectivity index (χ4v) is 2.45. The van der Waals surface area contributed by atoms with Crippen molar-refractivity contribution < 1.29 is 13.2 Å². The Kier molecular flexibility index (Phi) is 5.04. The van der Waals surface area contributed by atoms with Gasteiger partial charge in [-0.2, -0.15) is 13.2 Å². The number of anilines is 1. The molecule has 0 saturated heterocycles. The van der Waals surface area contributed by atoms with Crippen LogP contribution in [0.2, 0.25) is 5.02 Å². The van der Waals surface area contributed by atoms with Crippen LogP contribution < -0.4 is 10.2 Å². The summed E-state index contributed by atoms with van der Waals surface area (Å²) in [7, 11) is 0. The largest absolute Gasteiger partial charge is 0.405 e. The molecular weight excluding hydrogens is 301 g/mol. The van der Waals surface area contributed by atoms with E-state index >= 15 is 0 Å². The van der Waals surface area contributed by atoms with Gasteiger partial charge in [0.15, 0.2) is 0 Å². The van der Waals surface area contributed by atoms with Crippen molar-refractivity contribution in [1.82, 2.24) is 5.32 Å². The molecule has 1 fully saturated rings. The molecule has 21 heavy (non-hydrogen) atoms. The predicted octanol–water partition coefficient (Wildman–Crippen LogP) is 4.37. The van der Waals surface area contributed by atoms with Crippen LogP contribution in [0, 0.1) is 0 Å². The van der Waals surface area contributed by atoms with Crippen LogP contribution in [0.1, 0.15) is 32.3 Å². The third-order valence-corrected chi connectivity index (χ3v) is 3.72. The summed E-state index contributed by atoms with van der Waals surface area (Å²) >= 11 is 6.00. The van der Waals surface area contributed by atoms with E-state index in [-0.39, 0.29) is 6.04 Å². The number of halogens is 4. The fraction of sp³-hybridized carbons (Fsp3) is 0.600. The van der Waals surface area contributed by atoms with Gasteiger partial charge in [-0.3, -0.25) is 0 Å². The van der Waals surface area contributed by atoms with E-state index in [2.05, 4.69) is 5.32 Å². The first kappa shape index (κ1) is 16.4. The van der Waals surface area contributed by atoms with Crippen LogP contribution >= 0.6 is 11.6 Å². The topological polar surface area (TPSA) is 15.3 Å². The van der Waals surface area contributed by atoms with E-state index in [1.54, 1.807) is 32.0 Å². The molecule has 0 spiro atoms. The molecule has 0 heterocycles. The lowest BCUT2D eigenvalue weighted by Crippen LogP contribution is -2.40. The van der Waals surface area contributed by atoms with Gasteiger partial charge in [-0.25, -0.2) is 0 Å². The Morgan fingerprint density at radius 3 is 2.52 bits per heavy atom. The number of rotatable bonds is 6. The van der Waals surface area contributed by atoms with E-state index in [0.717, 1.165) is 18.4 Å². The van der Waals surface area contributed by atoms with Crippen LogP contribution in [0.5, 0.6) is 0 Å². The maximum absolute atomic E-state index is 12.8. The lowest BCUT2D eigenvalue weighted by Gasteiger charge is -2.32. The Morgan fingerprint density at radius 1 is 1.33 bits per heavy atom. The third-order valence-electron chi connectivity index (χ3n) is 3.48. The van der Waals surface area contributed by atoms with Crippen LogP contribution in [-0.2, 0) is 6.54 Å². The van der Waals surface area contributed by atoms with E-state index in [1.807, 2.05) is 0 Å². The molecule has 0 amide bonds. The molecule has 6 heteroatoms. The first-order chi connectivity index (χ1) is 9.76. The molecule has 0 aromatic heterocycles. The van der Waals surface area contributed by atoms with Crippen molar-refractivity contribution in [2.24, 2.45) is 0 Å². The Morgan fingerprint density at radius 2 is 2.00 bits per heavy atom. The highest BCUT2D eigenvalue weighted by Crippen LogP contribution is 2.30. The SMILES string of the molecule is CC(C)N(CC(F)(F)F)c1ccc(Cl)cc1CNC1CC1. The van der Waals surface area contributed by atoms with Gasteiger partial charge in [-0.05, 0) is 50.5 Å². The molecule has 1 aliphatic carbocycles. The molecule has 2 nitrogen and oxygen atoms in total. The molecule has 1 aromatic carbocycles. The molecular formula is C15H20ClF3N2. The third kappa shape index (κ3) is 5.08. The number of hydrogen-bond donors (Lipinski definition) is 1. The van der Waals surface area contributed by atoms with Gasteiger partial charge in [-0.15, -0.1) is 0 Å². The monoisotopic (exact) mass is 320 g/mol. The molecule has 0 bridgehead atoms. The lowest BCUT2D eigenvalue weighted by molar-refractivity contribution is -0.120. The Labute approximate surface area is 128 Å². The standard InChI is InChI=1S/C15H20ClF3N2/c1-10(2)21(9-15(17,18)19)14-6-3-12(16)7-11(14)8-20-13-4-5-13/h3,6-7,10,13,20H,4-5,8-9H2,1-2H3. The van der Waals surface area contributed by atoms with Gasteiger partial charge in [0, 0.05) is 29.3 Å². The Balaban J connectivity index is 2.24. The molecule has 0 aliphatic heterocycles. The summed E-state index contributed by atoms with van der Waals surface area (Å²) < 4.78 is 38.4. The molecule has 1 aromatic rings. The van der Waals surface area contributed by atoms with Crippen molar-refractivity contribution in [2.75, 3.05) is 11.4 Å². The van der Waals surface area contributed by atoms with Gasteiger partial charge >= 0.3 is 6.18 Å². The zero-order chi connectivity index (χ0) is 15.6. The quantitative estimate of drug-likeness (QED) is 0.837. The van der Waals surface area contributed by atoms with E-state index in [0.29, 0.717) is 23.3 Å². The first-order valence-corrected chi connectivity index (χ1v) is 7.49. The maximum atomic E-state index is 12.8. The second-order valence-corrected chi connectivity index (χ2v) is 6.20. The van der Waals surface area contributed by atoms with E-state index in [1.165, 1.54) is 4.90 Å². The minimum atomic E-state index is -4.23. The van der Waals surface area contributed by atoms with Crippen LogP contribution in [0.4, 0.5) is 18.9 Å². The highest BCUT2D eigenvalue weighted by Gasteiger charge is 2.33. The zero-order valence-electron chi connectivity index (χ0n) is 12.2. The van der Waals surface area contributed by atoms with Gasteiger partial charge in [0.05, 0.1) is 0 Å². The summed E-state index contributed by atoms with van der Waals surface area (Å²) in [5.41, 5.74) is 1.41. The highest BCUT2D eigenvalue weighted by atomic mass is 35.5. The second-order valence-electron chi connectivity index (χ2n) is 5.77. The summed E-state index contributed by atoms with van der Waals surface area (Å²) in [4.78, 5) is 1.38. The van der Waals surface area contributed by atoms with Crippen LogP contribution in [0.25, 0.3) is 0 Å². The number of nitrogens with zero attached hydrogens (tertiary/aromatic N) is 1. The molecule has 0 radical (unpaired) electrons. The van der Waals surface area contributed by atoms with Gasteiger partial charge in [-0.1, -0.05) is 11.6 Å². The van der Waals surface area contributed by atoms with Crippen LogP contribution in [-0.4, -0.2) is 24.8 Å². The minimum absolute atomic E-state index is 0.243. The van der Waals surface area contributed by atoms with Crippen molar-refractivity contribution in [3.63, 3.8) is 0 Å². The summed E-state index contributed by atoms with van der Waals surface area (Å²) in [5, 5.41) is 3.87. The molecule has 1 N–H and O–H groups in total. The molecule has 0 unspecified atom stereocenters. The number of benzene rings is 1. The average molecular weight is 321 g/mol. The molecule has 2 rings (SSSR count). The molecule has 118 valence electrons. The van der Waals surface area contributed by atoms with Gasteiger partial charge in [0.1, 0.15) is 6.54 Å².